The number of hydrogen-bond acceptors (Lipinski definition) is 7. The highest BCUT2D eigenvalue weighted by Gasteiger charge is 2.24. The van der Waals surface area contributed by atoms with Crippen molar-refractivity contribution in [2.75, 3.05) is 43.1 Å². The van der Waals surface area contributed by atoms with Crippen molar-refractivity contribution in [2.24, 2.45) is 0 Å². The third-order valence-electron chi connectivity index (χ3n) is 4.95. The Morgan fingerprint density at radius 1 is 1.00 bits per heavy atom. The van der Waals surface area contributed by atoms with E-state index in [1.54, 1.807) is 37.6 Å². The third-order valence-corrected chi connectivity index (χ3v) is 4.95. The first-order valence-electron chi connectivity index (χ1n) is 9.21. The maximum absolute atomic E-state index is 15.2. The lowest BCUT2D eigenvalue weighted by atomic mass is 10.1. The second-order valence-corrected chi connectivity index (χ2v) is 6.55. The van der Waals surface area contributed by atoms with E-state index in [0.29, 0.717) is 43.2 Å². The highest BCUT2D eigenvalue weighted by Crippen LogP contribution is 2.29. The molecule has 1 aliphatic heterocycles. The first-order chi connectivity index (χ1) is 14.2. The molecule has 8 heteroatoms. The van der Waals surface area contributed by atoms with Gasteiger partial charge in [-0.15, -0.1) is 0 Å². The SMILES string of the molecule is COc1ccc(-c2ncnc(N3CCN(c4cccnc4C#N)CC3)c2F)cc1. The van der Waals surface area contributed by atoms with Crippen LogP contribution in [0.25, 0.3) is 11.3 Å². The van der Waals surface area contributed by atoms with Gasteiger partial charge in [0.2, 0.25) is 0 Å². The summed E-state index contributed by atoms with van der Waals surface area (Å²) in [5.74, 6) is 0.550. The highest BCUT2D eigenvalue weighted by atomic mass is 19.1. The quantitative estimate of drug-likeness (QED) is 0.678. The van der Waals surface area contributed by atoms with Crippen LogP contribution in [0.3, 0.4) is 0 Å². The zero-order chi connectivity index (χ0) is 20.2. The van der Waals surface area contributed by atoms with Crippen LogP contribution in [0.2, 0.25) is 0 Å². The van der Waals surface area contributed by atoms with E-state index in [1.165, 1.54) is 6.33 Å². The van der Waals surface area contributed by atoms with Gasteiger partial charge in [0.15, 0.2) is 17.3 Å². The van der Waals surface area contributed by atoms with Crippen molar-refractivity contribution in [3.8, 4) is 23.1 Å². The van der Waals surface area contributed by atoms with Crippen LogP contribution in [-0.2, 0) is 0 Å². The van der Waals surface area contributed by atoms with Crippen molar-refractivity contribution in [3.63, 3.8) is 0 Å². The Balaban J connectivity index is 1.54. The predicted molar refractivity (Wildman–Crippen MR) is 107 cm³/mol. The number of nitriles is 1. The minimum Gasteiger partial charge on any atom is -0.497 e. The topological polar surface area (TPSA) is 78.2 Å². The van der Waals surface area contributed by atoms with Gasteiger partial charge in [0, 0.05) is 37.9 Å². The van der Waals surface area contributed by atoms with Crippen LogP contribution < -0.4 is 14.5 Å². The van der Waals surface area contributed by atoms with E-state index >= 15 is 4.39 Å². The summed E-state index contributed by atoms with van der Waals surface area (Å²) in [6, 6.07) is 12.9. The molecule has 0 aliphatic carbocycles. The van der Waals surface area contributed by atoms with Gasteiger partial charge in [0.1, 0.15) is 23.8 Å². The number of anilines is 2. The number of hydrogen-bond donors (Lipinski definition) is 0. The average Bonchev–Trinajstić information content (AvgIpc) is 2.79. The lowest BCUT2D eigenvalue weighted by Gasteiger charge is -2.36. The van der Waals surface area contributed by atoms with Gasteiger partial charge in [0.05, 0.1) is 12.8 Å². The first kappa shape index (κ1) is 18.6. The molecule has 29 heavy (non-hydrogen) atoms. The van der Waals surface area contributed by atoms with E-state index < -0.39 is 5.82 Å². The second kappa shape index (κ2) is 8.10. The molecule has 1 fully saturated rings. The van der Waals surface area contributed by atoms with Crippen molar-refractivity contribution in [1.29, 1.82) is 5.26 Å². The Labute approximate surface area is 168 Å². The van der Waals surface area contributed by atoms with Crippen molar-refractivity contribution < 1.29 is 9.13 Å². The van der Waals surface area contributed by atoms with Crippen molar-refractivity contribution in [2.45, 2.75) is 0 Å². The Bertz CT molecular complexity index is 1040. The molecule has 0 N–H and O–H groups in total. The summed E-state index contributed by atoms with van der Waals surface area (Å²) in [5, 5.41) is 9.26. The fraction of sp³-hybridized carbons (Fsp3) is 0.238. The molecule has 4 rings (SSSR count). The number of methoxy groups -OCH3 is 1. The molecule has 0 amide bonds. The largest absolute Gasteiger partial charge is 0.497 e. The van der Waals surface area contributed by atoms with E-state index in [2.05, 4.69) is 25.9 Å². The van der Waals surface area contributed by atoms with Crippen LogP contribution in [0.5, 0.6) is 5.75 Å². The molecule has 1 aliphatic rings. The predicted octanol–water partition coefficient (Wildman–Crippen LogP) is 2.88. The molecule has 0 saturated carbocycles. The maximum atomic E-state index is 15.2. The fourth-order valence-corrected chi connectivity index (χ4v) is 3.43. The normalized spacial score (nSPS) is 13.8. The van der Waals surface area contributed by atoms with E-state index in [-0.39, 0.29) is 11.5 Å². The molecule has 0 atom stereocenters. The summed E-state index contributed by atoms with van der Waals surface area (Å²) in [4.78, 5) is 16.4. The Morgan fingerprint density at radius 2 is 1.72 bits per heavy atom. The highest BCUT2D eigenvalue weighted by molar-refractivity contribution is 5.65. The number of ether oxygens (including phenoxy) is 1. The van der Waals surface area contributed by atoms with Gasteiger partial charge in [-0.1, -0.05) is 0 Å². The minimum atomic E-state index is -0.440. The number of nitrogens with zero attached hydrogens (tertiary/aromatic N) is 6. The molecular weight excluding hydrogens is 371 g/mol. The van der Waals surface area contributed by atoms with Gasteiger partial charge in [-0.3, -0.25) is 0 Å². The van der Waals surface area contributed by atoms with E-state index in [9.17, 15) is 5.26 Å². The Kier molecular flexibility index (Phi) is 5.20. The van der Waals surface area contributed by atoms with E-state index in [0.717, 1.165) is 5.69 Å². The summed E-state index contributed by atoms with van der Waals surface area (Å²) in [5.41, 5.74) is 2.13. The smallest absolute Gasteiger partial charge is 0.191 e. The first-order valence-corrected chi connectivity index (χ1v) is 9.21. The molecule has 0 radical (unpaired) electrons. The molecule has 1 saturated heterocycles. The van der Waals surface area contributed by atoms with Crippen molar-refractivity contribution in [1.82, 2.24) is 15.0 Å². The zero-order valence-corrected chi connectivity index (χ0v) is 15.9. The van der Waals surface area contributed by atoms with Gasteiger partial charge in [-0.25, -0.2) is 19.3 Å². The van der Waals surface area contributed by atoms with Gasteiger partial charge >= 0.3 is 0 Å². The van der Waals surface area contributed by atoms with Gasteiger partial charge in [0.25, 0.3) is 0 Å². The number of piperazine rings is 1. The van der Waals surface area contributed by atoms with Gasteiger partial charge < -0.3 is 14.5 Å². The summed E-state index contributed by atoms with van der Waals surface area (Å²) < 4.78 is 20.4. The summed E-state index contributed by atoms with van der Waals surface area (Å²) in [6.07, 6.45) is 2.99. The molecule has 1 aromatic carbocycles. The number of pyridine rings is 1. The lowest BCUT2D eigenvalue weighted by molar-refractivity contribution is 0.415. The minimum absolute atomic E-state index is 0.263. The van der Waals surface area contributed by atoms with Crippen molar-refractivity contribution in [3.05, 3.63) is 60.4 Å². The summed E-state index contributed by atoms with van der Waals surface area (Å²) in [7, 11) is 1.59. The average molecular weight is 390 g/mol. The van der Waals surface area contributed by atoms with Crippen LogP contribution in [-0.4, -0.2) is 48.2 Å². The number of rotatable bonds is 4. The van der Waals surface area contributed by atoms with Crippen LogP contribution >= 0.6 is 0 Å². The van der Waals surface area contributed by atoms with Crippen LogP contribution in [0.4, 0.5) is 15.9 Å². The molecule has 0 spiro atoms. The third kappa shape index (κ3) is 3.67. The number of benzene rings is 1. The molecule has 146 valence electrons. The van der Waals surface area contributed by atoms with Gasteiger partial charge in [-0.2, -0.15) is 5.26 Å². The molecular formula is C21H19FN6O. The number of aromatic nitrogens is 3. The number of halogens is 1. The Morgan fingerprint density at radius 3 is 2.41 bits per heavy atom. The standard InChI is InChI=1S/C21H19FN6O/c1-29-16-6-4-15(5-7-16)20-19(22)21(26-14-25-20)28-11-9-27(10-12-28)18-3-2-8-24-17(18)13-23/h2-8,14H,9-12H2,1H3. The summed E-state index contributed by atoms with van der Waals surface area (Å²) >= 11 is 0. The molecule has 3 aromatic rings. The lowest BCUT2D eigenvalue weighted by Crippen LogP contribution is -2.47. The van der Waals surface area contributed by atoms with Crippen LogP contribution in [0.1, 0.15) is 5.69 Å². The Hall–Kier alpha value is -3.73. The van der Waals surface area contributed by atoms with E-state index in [1.807, 2.05) is 17.0 Å². The molecule has 2 aromatic heterocycles. The maximum Gasteiger partial charge on any atom is 0.191 e. The molecule has 7 nitrogen and oxygen atoms in total. The monoisotopic (exact) mass is 390 g/mol. The van der Waals surface area contributed by atoms with Crippen LogP contribution in [0.15, 0.2) is 48.9 Å². The zero-order valence-electron chi connectivity index (χ0n) is 15.9. The van der Waals surface area contributed by atoms with Crippen molar-refractivity contribution >= 4 is 11.5 Å². The molecule has 0 unspecified atom stereocenters. The molecule has 3 heterocycles. The van der Waals surface area contributed by atoms with Crippen LogP contribution in [0, 0.1) is 17.1 Å². The van der Waals surface area contributed by atoms with Gasteiger partial charge in [-0.05, 0) is 36.4 Å². The summed E-state index contributed by atoms with van der Waals surface area (Å²) in [6.45, 7) is 2.44. The van der Waals surface area contributed by atoms with E-state index in [4.69, 9.17) is 4.74 Å². The fourth-order valence-electron chi connectivity index (χ4n) is 3.43. The second-order valence-electron chi connectivity index (χ2n) is 6.55. The molecule has 0 bridgehead atoms.